The Morgan fingerprint density at radius 3 is 2.22 bits per heavy atom. The average molecular weight is 252 g/mol. The lowest BCUT2D eigenvalue weighted by Gasteiger charge is -2.01. The number of esters is 1. The predicted octanol–water partition coefficient (Wildman–Crippen LogP) is 4.80. The molecule has 0 rings (SSSR count). The van der Waals surface area contributed by atoms with Gasteiger partial charge >= 0.3 is 5.97 Å². The molecular weight excluding hydrogens is 224 g/mol. The molecule has 0 saturated carbocycles. The highest BCUT2D eigenvalue weighted by atomic mass is 16.5. The highest BCUT2D eigenvalue weighted by Crippen LogP contribution is 2.07. The van der Waals surface area contributed by atoms with Gasteiger partial charge in [-0.05, 0) is 25.7 Å². The highest BCUT2D eigenvalue weighted by molar-refractivity contribution is 5.65. The minimum Gasteiger partial charge on any atom is -0.466 e. The summed E-state index contributed by atoms with van der Waals surface area (Å²) >= 11 is 0. The number of unbranched alkanes of at least 4 members (excludes halogenated alkanes) is 6. The Balaban J connectivity index is 3.09. The van der Waals surface area contributed by atoms with Crippen molar-refractivity contribution in [1.82, 2.24) is 0 Å². The van der Waals surface area contributed by atoms with Gasteiger partial charge in [0, 0.05) is 6.92 Å². The highest BCUT2D eigenvalue weighted by Gasteiger charge is 1.93. The lowest BCUT2D eigenvalue weighted by molar-refractivity contribution is -0.141. The van der Waals surface area contributed by atoms with Crippen LogP contribution in [0.25, 0.3) is 0 Å². The van der Waals surface area contributed by atoms with Crippen molar-refractivity contribution in [3.05, 3.63) is 24.3 Å². The monoisotopic (exact) mass is 252 g/mol. The zero-order valence-electron chi connectivity index (χ0n) is 12.0. The summed E-state index contributed by atoms with van der Waals surface area (Å²) in [5, 5.41) is 0. The maximum absolute atomic E-state index is 10.5. The first kappa shape index (κ1) is 16.9. The van der Waals surface area contributed by atoms with Gasteiger partial charge in [-0.15, -0.1) is 0 Å². The SMILES string of the molecule is CC/C=C/C=C\CCCCCCCCOC(C)=O. The fourth-order valence-electron chi connectivity index (χ4n) is 1.68. The Morgan fingerprint density at radius 2 is 1.56 bits per heavy atom. The molecule has 2 heteroatoms. The molecule has 0 aromatic heterocycles. The Bertz CT molecular complexity index is 241. The third-order valence-electron chi connectivity index (χ3n) is 2.69. The summed E-state index contributed by atoms with van der Waals surface area (Å²) in [7, 11) is 0. The van der Waals surface area contributed by atoms with E-state index in [1.165, 1.54) is 45.4 Å². The van der Waals surface area contributed by atoms with Gasteiger partial charge < -0.3 is 4.74 Å². The molecule has 0 fully saturated rings. The van der Waals surface area contributed by atoms with Crippen LogP contribution in [0, 0.1) is 0 Å². The van der Waals surface area contributed by atoms with Crippen molar-refractivity contribution in [2.24, 2.45) is 0 Å². The van der Waals surface area contributed by atoms with E-state index in [0.29, 0.717) is 6.61 Å². The molecule has 0 radical (unpaired) electrons. The van der Waals surface area contributed by atoms with Crippen LogP contribution in [0.15, 0.2) is 24.3 Å². The van der Waals surface area contributed by atoms with E-state index in [2.05, 4.69) is 31.2 Å². The molecule has 2 nitrogen and oxygen atoms in total. The van der Waals surface area contributed by atoms with Crippen LogP contribution in [-0.4, -0.2) is 12.6 Å². The van der Waals surface area contributed by atoms with Crippen LogP contribution in [0.2, 0.25) is 0 Å². The second-order valence-corrected chi connectivity index (χ2v) is 4.51. The lowest BCUT2D eigenvalue weighted by atomic mass is 10.1. The van der Waals surface area contributed by atoms with Gasteiger partial charge in [0.2, 0.25) is 0 Å². The maximum Gasteiger partial charge on any atom is 0.302 e. The van der Waals surface area contributed by atoms with Gasteiger partial charge in [0.15, 0.2) is 0 Å². The Kier molecular flexibility index (Phi) is 13.2. The Labute approximate surface area is 112 Å². The normalized spacial score (nSPS) is 11.4. The molecule has 0 spiro atoms. The summed E-state index contributed by atoms with van der Waals surface area (Å²) in [6.07, 6.45) is 18.3. The van der Waals surface area contributed by atoms with Crippen LogP contribution in [-0.2, 0) is 9.53 Å². The largest absolute Gasteiger partial charge is 0.466 e. The second kappa shape index (κ2) is 14.0. The molecule has 0 aromatic carbocycles. The molecule has 0 aliphatic rings. The van der Waals surface area contributed by atoms with E-state index >= 15 is 0 Å². The quantitative estimate of drug-likeness (QED) is 0.300. The summed E-state index contributed by atoms with van der Waals surface area (Å²) in [4.78, 5) is 10.5. The smallest absolute Gasteiger partial charge is 0.302 e. The Morgan fingerprint density at radius 1 is 0.944 bits per heavy atom. The number of hydrogen-bond acceptors (Lipinski definition) is 2. The van der Waals surface area contributed by atoms with Crippen molar-refractivity contribution in [2.75, 3.05) is 6.61 Å². The van der Waals surface area contributed by atoms with Crippen LogP contribution in [0.3, 0.4) is 0 Å². The molecule has 0 heterocycles. The molecule has 0 saturated heterocycles. The van der Waals surface area contributed by atoms with E-state index in [1.807, 2.05) is 0 Å². The van der Waals surface area contributed by atoms with Crippen LogP contribution >= 0.6 is 0 Å². The number of allylic oxidation sites excluding steroid dienone is 4. The topological polar surface area (TPSA) is 26.3 Å². The number of ether oxygens (including phenoxy) is 1. The van der Waals surface area contributed by atoms with Crippen LogP contribution in [0.5, 0.6) is 0 Å². The summed E-state index contributed by atoms with van der Waals surface area (Å²) in [5.74, 6) is -0.168. The van der Waals surface area contributed by atoms with Gasteiger partial charge in [-0.3, -0.25) is 4.79 Å². The summed E-state index contributed by atoms with van der Waals surface area (Å²) < 4.78 is 4.88. The molecule has 0 amide bonds. The van der Waals surface area contributed by atoms with Crippen molar-refractivity contribution in [3.8, 4) is 0 Å². The van der Waals surface area contributed by atoms with Gasteiger partial charge in [0.05, 0.1) is 6.61 Å². The summed E-state index contributed by atoms with van der Waals surface area (Å²) in [6.45, 7) is 4.19. The standard InChI is InChI=1S/C16H28O2/c1-3-4-5-6-7-8-9-10-11-12-13-14-15-18-16(2)17/h4-7H,3,8-15H2,1-2H3/b5-4+,7-6-. The van der Waals surface area contributed by atoms with E-state index in [1.54, 1.807) is 0 Å². The third-order valence-corrected chi connectivity index (χ3v) is 2.69. The van der Waals surface area contributed by atoms with Gasteiger partial charge in [-0.25, -0.2) is 0 Å². The summed E-state index contributed by atoms with van der Waals surface area (Å²) in [5.41, 5.74) is 0. The minimum atomic E-state index is -0.168. The van der Waals surface area contributed by atoms with E-state index in [-0.39, 0.29) is 5.97 Å². The lowest BCUT2D eigenvalue weighted by Crippen LogP contribution is -1.99. The first-order valence-corrected chi connectivity index (χ1v) is 7.22. The molecule has 0 N–H and O–H groups in total. The van der Waals surface area contributed by atoms with Crippen molar-refractivity contribution < 1.29 is 9.53 Å². The van der Waals surface area contributed by atoms with Crippen molar-refractivity contribution >= 4 is 5.97 Å². The van der Waals surface area contributed by atoms with Gasteiger partial charge in [-0.1, -0.05) is 56.9 Å². The van der Waals surface area contributed by atoms with Crippen molar-refractivity contribution in [3.63, 3.8) is 0 Å². The van der Waals surface area contributed by atoms with E-state index < -0.39 is 0 Å². The van der Waals surface area contributed by atoms with Crippen molar-refractivity contribution in [2.45, 2.75) is 65.2 Å². The van der Waals surface area contributed by atoms with E-state index in [9.17, 15) is 4.79 Å². The van der Waals surface area contributed by atoms with E-state index in [4.69, 9.17) is 4.74 Å². The molecular formula is C16H28O2. The minimum absolute atomic E-state index is 0.168. The molecule has 0 bridgehead atoms. The molecule has 0 aromatic rings. The zero-order chi connectivity index (χ0) is 13.5. The van der Waals surface area contributed by atoms with Crippen LogP contribution in [0.4, 0.5) is 0 Å². The predicted molar refractivity (Wildman–Crippen MR) is 77.5 cm³/mol. The first-order chi connectivity index (χ1) is 8.77. The van der Waals surface area contributed by atoms with Crippen LogP contribution in [0.1, 0.15) is 65.2 Å². The number of carbonyl (C=O) groups excluding carboxylic acids is 1. The van der Waals surface area contributed by atoms with E-state index in [0.717, 1.165) is 12.8 Å². The van der Waals surface area contributed by atoms with Crippen LogP contribution < -0.4 is 0 Å². The zero-order valence-corrected chi connectivity index (χ0v) is 12.0. The number of hydrogen-bond donors (Lipinski definition) is 0. The molecule has 0 aliphatic heterocycles. The molecule has 0 aliphatic carbocycles. The first-order valence-electron chi connectivity index (χ1n) is 7.22. The van der Waals surface area contributed by atoms with Crippen molar-refractivity contribution in [1.29, 1.82) is 0 Å². The maximum atomic E-state index is 10.5. The molecule has 0 unspecified atom stereocenters. The third kappa shape index (κ3) is 14.9. The Hall–Kier alpha value is -1.05. The number of carbonyl (C=O) groups is 1. The number of rotatable bonds is 11. The average Bonchev–Trinajstić information content (AvgIpc) is 2.34. The fourth-order valence-corrected chi connectivity index (χ4v) is 1.68. The van der Waals surface area contributed by atoms with Gasteiger partial charge in [-0.2, -0.15) is 0 Å². The van der Waals surface area contributed by atoms with Gasteiger partial charge in [0.25, 0.3) is 0 Å². The summed E-state index contributed by atoms with van der Waals surface area (Å²) in [6, 6.07) is 0. The molecule has 104 valence electrons. The second-order valence-electron chi connectivity index (χ2n) is 4.51. The fraction of sp³-hybridized carbons (Fsp3) is 0.688. The molecule has 18 heavy (non-hydrogen) atoms. The molecule has 0 atom stereocenters. The van der Waals surface area contributed by atoms with Gasteiger partial charge in [0.1, 0.15) is 0 Å².